The highest BCUT2D eigenvalue weighted by Crippen LogP contribution is 2.30. The van der Waals surface area contributed by atoms with Gasteiger partial charge >= 0.3 is 0 Å². The Morgan fingerprint density at radius 1 is 1.00 bits per heavy atom. The van der Waals surface area contributed by atoms with Crippen molar-refractivity contribution in [2.24, 2.45) is 0 Å². The molecule has 2 heteroatoms. The summed E-state index contributed by atoms with van der Waals surface area (Å²) in [7, 11) is 0. The predicted molar refractivity (Wildman–Crippen MR) is 64.8 cm³/mol. The van der Waals surface area contributed by atoms with Gasteiger partial charge in [0.1, 0.15) is 5.82 Å². The molecule has 0 spiro atoms. The molecule has 2 rings (SSSR count). The molecule has 0 saturated heterocycles. The van der Waals surface area contributed by atoms with Crippen LogP contribution in [0.5, 0.6) is 0 Å². The predicted octanol–water partition coefficient (Wildman–Crippen LogP) is 3.56. The van der Waals surface area contributed by atoms with E-state index in [0.29, 0.717) is 11.3 Å². The highest BCUT2D eigenvalue weighted by Gasteiger charge is 2.15. The second kappa shape index (κ2) is 4.35. The van der Waals surface area contributed by atoms with Gasteiger partial charge in [-0.15, -0.1) is 0 Å². The monoisotopic (exact) mass is 215 g/mol. The van der Waals surface area contributed by atoms with Crippen LogP contribution in [0.2, 0.25) is 0 Å². The third-order valence-electron chi connectivity index (χ3n) is 2.82. The van der Waals surface area contributed by atoms with Crippen LogP contribution in [0.4, 0.5) is 10.1 Å². The number of nitrogen functional groups attached to an aromatic ring is 1. The van der Waals surface area contributed by atoms with Crippen LogP contribution >= 0.6 is 0 Å². The van der Waals surface area contributed by atoms with Crippen molar-refractivity contribution in [3.05, 3.63) is 65.5 Å². The fraction of sp³-hybridized carbons (Fsp3) is 0.143. The molecule has 0 saturated carbocycles. The molecular weight excluding hydrogens is 201 g/mol. The summed E-state index contributed by atoms with van der Waals surface area (Å²) in [5, 5.41) is 0. The number of hydrogen-bond donors (Lipinski definition) is 1. The third kappa shape index (κ3) is 1.91. The van der Waals surface area contributed by atoms with Gasteiger partial charge < -0.3 is 5.73 Å². The molecule has 0 aliphatic carbocycles. The summed E-state index contributed by atoms with van der Waals surface area (Å²) in [6.07, 6.45) is 0. The van der Waals surface area contributed by atoms with Crippen LogP contribution in [0, 0.1) is 5.82 Å². The lowest BCUT2D eigenvalue weighted by atomic mass is 9.91. The van der Waals surface area contributed by atoms with Crippen LogP contribution < -0.4 is 5.73 Å². The van der Waals surface area contributed by atoms with E-state index < -0.39 is 0 Å². The number of halogens is 1. The molecule has 2 aromatic carbocycles. The third-order valence-corrected chi connectivity index (χ3v) is 2.82. The van der Waals surface area contributed by atoms with Crippen molar-refractivity contribution in [1.29, 1.82) is 0 Å². The molecule has 0 radical (unpaired) electrons. The summed E-state index contributed by atoms with van der Waals surface area (Å²) in [5.74, 6) is -0.265. The molecule has 1 unspecified atom stereocenters. The molecule has 82 valence electrons. The van der Waals surface area contributed by atoms with E-state index in [1.54, 1.807) is 12.1 Å². The number of benzene rings is 2. The van der Waals surface area contributed by atoms with Gasteiger partial charge in [-0.3, -0.25) is 0 Å². The Morgan fingerprint density at radius 3 is 2.31 bits per heavy atom. The molecule has 0 amide bonds. The van der Waals surface area contributed by atoms with Crippen molar-refractivity contribution in [2.45, 2.75) is 12.8 Å². The van der Waals surface area contributed by atoms with E-state index in [1.807, 2.05) is 37.3 Å². The molecular formula is C14H14FN. The highest BCUT2D eigenvalue weighted by molar-refractivity contribution is 5.51. The molecule has 0 fully saturated rings. The van der Waals surface area contributed by atoms with Gasteiger partial charge in [0.15, 0.2) is 0 Å². The largest absolute Gasteiger partial charge is 0.398 e. The van der Waals surface area contributed by atoms with Gasteiger partial charge in [-0.1, -0.05) is 43.3 Å². The van der Waals surface area contributed by atoms with Crippen molar-refractivity contribution in [3.63, 3.8) is 0 Å². The number of hydrogen-bond acceptors (Lipinski definition) is 1. The van der Waals surface area contributed by atoms with Crippen molar-refractivity contribution in [2.75, 3.05) is 5.73 Å². The normalized spacial score (nSPS) is 12.4. The lowest BCUT2D eigenvalue weighted by molar-refractivity contribution is 0.604. The number of nitrogens with two attached hydrogens (primary N) is 1. The molecule has 2 N–H and O–H groups in total. The van der Waals surface area contributed by atoms with E-state index in [0.717, 1.165) is 5.56 Å². The maximum absolute atomic E-state index is 13.7. The zero-order valence-electron chi connectivity index (χ0n) is 9.15. The summed E-state index contributed by atoms with van der Waals surface area (Å²) in [5.41, 5.74) is 7.98. The summed E-state index contributed by atoms with van der Waals surface area (Å²) in [4.78, 5) is 0. The van der Waals surface area contributed by atoms with Crippen LogP contribution in [0.15, 0.2) is 48.5 Å². The minimum Gasteiger partial charge on any atom is -0.398 e. The molecule has 0 bridgehead atoms. The summed E-state index contributed by atoms with van der Waals surface area (Å²) in [6.45, 7) is 1.96. The first-order valence-corrected chi connectivity index (χ1v) is 5.29. The Morgan fingerprint density at radius 2 is 1.69 bits per heavy atom. The van der Waals surface area contributed by atoms with Crippen molar-refractivity contribution >= 4 is 5.69 Å². The number of rotatable bonds is 2. The summed E-state index contributed by atoms with van der Waals surface area (Å²) in [6, 6.07) is 14.6. The van der Waals surface area contributed by atoms with Crippen molar-refractivity contribution < 1.29 is 4.39 Å². The Kier molecular flexibility index (Phi) is 2.91. The van der Waals surface area contributed by atoms with Crippen molar-refractivity contribution in [1.82, 2.24) is 0 Å². The van der Waals surface area contributed by atoms with Gasteiger partial charge in [0.2, 0.25) is 0 Å². The summed E-state index contributed by atoms with van der Waals surface area (Å²) < 4.78 is 13.7. The van der Waals surface area contributed by atoms with E-state index in [2.05, 4.69) is 0 Å². The minimum atomic E-state index is -0.239. The first-order chi connectivity index (χ1) is 7.70. The zero-order chi connectivity index (χ0) is 11.5. The van der Waals surface area contributed by atoms with Gasteiger partial charge in [-0.2, -0.15) is 0 Å². The molecule has 16 heavy (non-hydrogen) atoms. The van der Waals surface area contributed by atoms with E-state index in [4.69, 9.17) is 5.73 Å². The van der Waals surface area contributed by atoms with Crippen LogP contribution in [-0.4, -0.2) is 0 Å². The minimum absolute atomic E-state index is 0.0256. The van der Waals surface area contributed by atoms with Gasteiger partial charge in [0, 0.05) is 17.2 Å². The molecule has 0 aliphatic heterocycles. The average molecular weight is 215 g/mol. The fourth-order valence-corrected chi connectivity index (χ4v) is 1.92. The highest BCUT2D eigenvalue weighted by atomic mass is 19.1. The molecule has 2 aromatic rings. The molecule has 0 aromatic heterocycles. The smallest absolute Gasteiger partial charge is 0.129 e. The van der Waals surface area contributed by atoms with E-state index in [1.165, 1.54) is 6.07 Å². The van der Waals surface area contributed by atoms with Gasteiger partial charge in [0.05, 0.1) is 0 Å². The van der Waals surface area contributed by atoms with Crippen LogP contribution in [0.25, 0.3) is 0 Å². The fourth-order valence-electron chi connectivity index (χ4n) is 1.92. The number of anilines is 1. The van der Waals surface area contributed by atoms with E-state index >= 15 is 0 Å². The average Bonchev–Trinajstić information content (AvgIpc) is 2.30. The lowest BCUT2D eigenvalue weighted by Crippen LogP contribution is -2.03. The standard InChI is InChI=1S/C14H14FN/c1-10(11-6-3-2-4-7-11)14-12(15)8-5-9-13(14)16/h2-10H,16H2,1H3. The second-order valence-corrected chi connectivity index (χ2v) is 3.88. The van der Waals surface area contributed by atoms with Crippen molar-refractivity contribution in [3.8, 4) is 0 Å². The summed E-state index contributed by atoms with van der Waals surface area (Å²) >= 11 is 0. The SMILES string of the molecule is CC(c1ccccc1)c1c(N)cccc1F. The first kappa shape index (κ1) is 10.7. The van der Waals surface area contributed by atoms with E-state index in [-0.39, 0.29) is 11.7 Å². The molecule has 1 atom stereocenters. The van der Waals surface area contributed by atoms with Crippen LogP contribution in [0.1, 0.15) is 24.0 Å². The Hall–Kier alpha value is -1.83. The molecule has 0 aliphatic rings. The van der Waals surface area contributed by atoms with Gasteiger partial charge in [-0.05, 0) is 17.7 Å². The molecule has 1 nitrogen and oxygen atoms in total. The maximum Gasteiger partial charge on any atom is 0.129 e. The topological polar surface area (TPSA) is 26.0 Å². The maximum atomic E-state index is 13.7. The Labute approximate surface area is 94.7 Å². The zero-order valence-corrected chi connectivity index (χ0v) is 9.15. The van der Waals surface area contributed by atoms with Gasteiger partial charge in [0.25, 0.3) is 0 Å². The Bertz CT molecular complexity index is 459. The quantitative estimate of drug-likeness (QED) is 0.761. The second-order valence-electron chi connectivity index (χ2n) is 3.88. The first-order valence-electron chi connectivity index (χ1n) is 5.29. The Balaban J connectivity index is 2.46. The molecule has 0 heterocycles. The lowest BCUT2D eigenvalue weighted by Gasteiger charge is -2.15. The van der Waals surface area contributed by atoms with Crippen LogP contribution in [-0.2, 0) is 0 Å². The van der Waals surface area contributed by atoms with E-state index in [9.17, 15) is 4.39 Å². The van der Waals surface area contributed by atoms with Gasteiger partial charge in [-0.25, -0.2) is 4.39 Å². The van der Waals surface area contributed by atoms with Crippen LogP contribution in [0.3, 0.4) is 0 Å².